The van der Waals surface area contributed by atoms with E-state index in [0.29, 0.717) is 32.8 Å². The largest absolute Gasteiger partial charge is 0.379 e. The molecule has 0 aromatic rings. The van der Waals surface area contributed by atoms with E-state index in [-0.39, 0.29) is 6.54 Å². The van der Waals surface area contributed by atoms with Crippen molar-refractivity contribution in [2.75, 3.05) is 45.9 Å². The first-order valence-electron chi connectivity index (χ1n) is 6.27. The normalized spacial score (nSPS) is 18.8. The van der Waals surface area contributed by atoms with E-state index >= 15 is 0 Å². The lowest BCUT2D eigenvalue weighted by Gasteiger charge is -2.27. The molecule has 0 aromatic carbocycles. The minimum absolute atomic E-state index is 0.176. The lowest BCUT2D eigenvalue weighted by atomic mass is 10.1. The second-order valence-electron chi connectivity index (χ2n) is 4.73. The van der Waals surface area contributed by atoms with E-state index in [1.54, 1.807) is 0 Å². The van der Waals surface area contributed by atoms with Gasteiger partial charge in [-0.25, -0.2) is 26.3 Å². The molecule has 0 amide bonds. The highest BCUT2D eigenvalue weighted by atomic mass is 19.3. The number of hydrogen-bond donors (Lipinski definition) is 1. The molecule has 0 aromatic heterocycles. The Bertz CT molecular complexity index is 284. The zero-order valence-electron chi connectivity index (χ0n) is 10.9. The first-order valence-corrected chi connectivity index (χ1v) is 6.27. The fourth-order valence-electron chi connectivity index (χ4n) is 1.82. The Morgan fingerprint density at radius 3 is 2.25 bits per heavy atom. The monoisotopic (exact) mass is 308 g/mol. The van der Waals surface area contributed by atoms with Gasteiger partial charge in [0.05, 0.1) is 26.2 Å². The number of halogens is 6. The summed E-state index contributed by atoms with van der Waals surface area (Å²) in [5, 5.41) is 2.32. The molecule has 0 atom stereocenters. The van der Waals surface area contributed by atoms with Crippen LogP contribution in [0.1, 0.15) is 6.42 Å². The fraction of sp³-hybridized carbons (Fsp3) is 1.00. The summed E-state index contributed by atoms with van der Waals surface area (Å²) in [6.45, 7) is 2.11. The highest BCUT2D eigenvalue weighted by molar-refractivity contribution is 4.81. The van der Waals surface area contributed by atoms with Gasteiger partial charge in [0.15, 0.2) is 0 Å². The molecule has 1 fully saturated rings. The zero-order valence-corrected chi connectivity index (χ0v) is 10.9. The molecular weight excluding hydrogens is 290 g/mol. The van der Waals surface area contributed by atoms with Crippen LogP contribution in [0, 0.1) is 0 Å². The smallest absolute Gasteiger partial charge is 0.313 e. The third kappa shape index (κ3) is 6.27. The number of ether oxygens (including phenoxy) is 1. The number of nitrogens with one attached hydrogen (secondary N) is 1. The van der Waals surface area contributed by atoms with E-state index in [1.807, 2.05) is 4.90 Å². The average Bonchev–Trinajstić information content (AvgIpc) is 2.34. The molecule has 0 unspecified atom stereocenters. The van der Waals surface area contributed by atoms with Gasteiger partial charge >= 0.3 is 12.3 Å². The number of nitrogens with zero attached hydrogens (tertiary/aromatic N) is 1. The summed E-state index contributed by atoms with van der Waals surface area (Å²) in [4.78, 5) is 1.97. The van der Waals surface area contributed by atoms with Crippen LogP contribution in [0.5, 0.6) is 0 Å². The minimum Gasteiger partial charge on any atom is -0.379 e. The number of rotatable bonds is 8. The standard InChI is InChI=1S/C11H18F6N2O/c12-9(13)11(16,17)7-10(14,15)8-18-1-2-19-3-5-20-6-4-19/h9,18H,1-8H2. The summed E-state index contributed by atoms with van der Waals surface area (Å²) < 4.78 is 80.2. The molecule has 1 rings (SSSR count). The maximum atomic E-state index is 13.1. The highest BCUT2D eigenvalue weighted by Crippen LogP contribution is 2.34. The van der Waals surface area contributed by atoms with Gasteiger partial charge in [-0.05, 0) is 0 Å². The van der Waals surface area contributed by atoms with Crippen LogP contribution in [0.2, 0.25) is 0 Å². The summed E-state index contributed by atoms with van der Waals surface area (Å²) in [5.74, 6) is -8.54. The highest BCUT2D eigenvalue weighted by Gasteiger charge is 2.49. The van der Waals surface area contributed by atoms with Gasteiger partial charge in [0.2, 0.25) is 0 Å². The Labute approximate surface area is 113 Å². The van der Waals surface area contributed by atoms with Crippen LogP contribution < -0.4 is 5.32 Å². The zero-order chi connectivity index (χ0) is 15.2. The van der Waals surface area contributed by atoms with E-state index in [2.05, 4.69) is 5.32 Å². The number of hydrogen-bond acceptors (Lipinski definition) is 3. The Balaban J connectivity index is 2.21. The maximum Gasteiger partial charge on any atom is 0.313 e. The molecule has 1 saturated heterocycles. The van der Waals surface area contributed by atoms with Gasteiger partial charge in [-0.3, -0.25) is 4.90 Å². The van der Waals surface area contributed by atoms with Crippen molar-refractivity contribution in [1.29, 1.82) is 0 Å². The molecule has 0 radical (unpaired) electrons. The lowest BCUT2D eigenvalue weighted by molar-refractivity contribution is -0.177. The number of alkyl halides is 6. The quantitative estimate of drug-likeness (QED) is 0.547. The second-order valence-corrected chi connectivity index (χ2v) is 4.73. The van der Waals surface area contributed by atoms with Crippen molar-refractivity contribution in [3.63, 3.8) is 0 Å². The Hall–Kier alpha value is -0.540. The molecule has 1 aliphatic rings. The summed E-state index contributed by atoms with van der Waals surface area (Å²) in [7, 11) is 0. The first kappa shape index (κ1) is 17.5. The molecule has 0 spiro atoms. The SMILES string of the molecule is FC(F)C(F)(F)CC(F)(F)CNCCN1CCOCC1. The van der Waals surface area contributed by atoms with Crippen LogP contribution in [-0.2, 0) is 4.74 Å². The Morgan fingerprint density at radius 2 is 1.70 bits per heavy atom. The molecule has 20 heavy (non-hydrogen) atoms. The molecule has 120 valence electrons. The van der Waals surface area contributed by atoms with Gasteiger partial charge in [-0.2, -0.15) is 0 Å². The molecule has 9 heteroatoms. The van der Waals surface area contributed by atoms with Gasteiger partial charge in [0.25, 0.3) is 5.92 Å². The molecule has 3 nitrogen and oxygen atoms in total. The van der Waals surface area contributed by atoms with Crippen molar-refractivity contribution in [2.45, 2.75) is 24.7 Å². The predicted molar refractivity (Wildman–Crippen MR) is 60.6 cm³/mol. The maximum absolute atomic E-state index is 13.1. The molecule has 0 bridgehead atoms. The molecule has 0 aliphatic carbocycles. The average molecular weight is 308 g/mol. The minimum atomic E-state index is -4.67. The summed E-state index contributed by atoms with van der Waals surface area (Å²) in [6.07, 6.45) is -6.23. The predicted octanol–water partition coefficient (Wildman–Crippen LogP) is 1.83. The molecule has 1 N–H and O–H groups in total. The van der Waals surface area contributed by atoms with Gasteiger partial charge in [0.1, 0.15) is 0 Å². The van der Waals surface area contributed by atoms with Crippen LogP contribution in [-0.4, -0.2) is 69.1 Å². The van der Waals surface area contributed by atoms with Gasteiger partial charge in [-0.15, -0.1) is 0 Å². The molecule has 1 heterocycles. The summed E-state index contributed by atoms with van der Waals surface area (Å²) in [5.41, 5.74) is 0. The van der Waals surface area contributed by atoms with E-state index in [9.17, 15) is 26.3 Å². The number of morpholine rings is 1. The van der Waals surface area contributed by atoms with Crippen LogP contribution in [0.15, 0.2) is 0 Å². The topological polar surface area (TPSA) is 24.5 Å². The van der Waals surface area contributed by atoms with Crippen LogP contribution in [0.3, 0.4) is 0 Å². The summed E-state index contributed by atoms with van der Waals surface area (Å²) >= 11 is 0. The van der Waals surface area contributed by atoms with Crippen molar-refractivity contribution < 1.29 is 31.1 Å². The Kier molecular flexibility index (Phi) is 6.53. The Morgan fingerprint density at radius 1 is 1.10 bits per heavy atom. The molecule has 1 aliphatic heterocycles. The van der Waals surface area contributed by atoms with Gasteiger partial charge in [0, 0.05) is 26.2 Å². The van der Waals surface area contributed by atoms with E-state index in [0.717, 1.165) is 0 Å². The van der Waals surface area contributed by atoms with Crippen LogP contribution in [0.25, 0.3) is 0 Å². The third-order valence-electron chi connectivity index (χ3n) is 2.91. The van der Waals surface area contributed by atoms with Gasteiger partial charge < -0.3 is 10.1 Å². The van der Waals surface area contributed by atoms with Crippen molar-refractivity contribution in [3.05, 3.63) is 0 Å². The van der Waals surface area contributed by atoms with Crippen molar-refractivity contribution >= 4 is 0 Å². The first-order chi connectivity index (χ1) is 9.23. The van der Waals surface area contributed by atoms with Crippen molar-refractivity contribution in [2.24, 2.45) is 0 Å². The lowest BCUT2D eigenvalue weighted by Crippen LogP contribution is -2.44. The second kappa shape index (κ2) is 7.46. The van der Waals surface area contributed by atoms with Crippen LogP contribution in [0.4, 0.5) is 26.3 Å². The van der Waals surface area contributed by atoms with Gasteiger partial charge in [-0.1, -0.05) is 0 Å². The van der Waals surface area contributed by atoms with Crippen molar-refractivity contribution in [1.82, 2.24) is 10.2 Å². The van der Waals surface area contributed by atoms with E-state index in [1.165, 1.54) is 0 Å². The van der Waals surface area contributed by atoms with Crippen LogP contribution >= 0.6 is 0 Å². The van der Waals surface area contributed by atoms with Crippen molar-refractivity contribution in [3.8, 4) is 0 Å². The third-order valence-corrected chi connectivity index (χ3v) is 2.91. The fourth-order valence-corrected chi connectivity index (χ4v) is 1.82. The molecule has 0 saturated carbocycles. The van der Waals surface area contributed by atoms with E-state index in [4.69, 9.17) is 4.74 Å². The molecular formula is C11H18F6N2O. The van der Waals surface area contributed by atoms with E-state index < -0.39 is 31.2 Å². The summed E-state index contributed by atoms with van der Waals surface area (Å²) in [6, 6.07) is 0.